The average molecular weight is 402 g/mol. The van der Waals surface area contributed by atoms with Crippen LogP contribution in [0.15, 0.2) is 55.1 Å². The van der Waals surface area contributed by atoms with Gasteiger partial charge in [-0.25, -0.2) is 9.67 Å². The van der Waals surface area contributed by atoms with E-state index in [1.165, 1.54) is 5.56 Å². The van der Waals surface area contributed by atoms with E-state index in [1.807, 2.05) is 46.3 Å². The van der Waals surface area contributed by atoms with E-state index in [-0.39, 0.29) is 12.0 Å². The minimum absolute atomic E-state index is 0.0726. The molecule has 0 bridgehead atoms. The molecule has 0 unspecified atom stereocenters. The molecule has 1 atom stereocenters. The van der Waals surface area contributed by atoms with Crippen molar-refractivity contribution < 1.29 is 9.53 Å². The second-order valence-electron chi connectivity index (χ2n) is 7.42. The molecule has 3 aromatic heterocycles. The Hall–Kier alpha value is -3.52. The summed E-state index contributed by atoms with van der Waals surface area (Å²) in [5, 5.41) is 7.43. The Labute approximate surface area is 173 Å². The van der Waals surface area contributed by atoms with Gasteiger partial charge in [-0.15, -0.1) is 0 Å². The lowest BCUT2D eigenvalue weighted by Crippen LogP contribution is -2.32. The zero-order valence-corrected chi connectivity index (χ0v) is 16.7. The van der Waals surface area contributed by atoms with Gasteiger partial charge in [-0.2, -0.15) is 5.10 Å². The monoisotopic (exact) mass is 402 g/mol. The Bertz CT molecular complexity index is 1190. The van der Waals surface area contributed by atoms with Gasteiger partial charge in [0.2, 0.25) is 0 Å². The first-order chi connectivity index (χ1) is 14.7. The maximum Gasteiger partial charge on any atom is 0.272 e. The maximum absolute atomic E-state index is 12.9. The fraction of sp³-hybridized carbons (Fsp3) is 0.273. The highest BCUT2D eigenvalue weighted by atomic mass is 16.5. The van der Waals surface area contributed by atoms with E-state index in [0.29, 0.717) is 23.6 Å². The second kappa shape index (κ2) is 7.72. The summed E-state index contributed by atoms with van der Waals surface area (Å²) < 4.78 is 9.29. The smallest absolute Gasteiger partial charge is 0.272 e. The van der Waals surface area contributed by atoms with E-state index in [2.05, 4.69) is 20.4 Å². The minimum Gasteiger partial charge on any atom is -0.376 e. The van der Waals surface area contributed by atoms with Gasteiger partial charge in [-0.05, 0) is 38.0 Å². The van der Waals surface area contributed by atoms with Crippen molar-refractivity contribution in [2.45, 2.75) is 25.9 Å². The fourth-order valence-electron chi connectivity index (χ4n) is 3.75. The van der Waals surface area contributed by atoms with Crippen molar-refractivity contribution in [2.75, 3.05) is 13.2 Å². The Morgan fingerprint density at radius 3 is 2.90 bits per heavy atom. The van der Waals surface area contributed by atoms with Crippen molar-refractivity contribution in [3.8, 4) is 17.2 Å². The third kappa shape index (κ3) is 3.35. The Morgan fingerprint density at radius 1 is 1.23 bits per heavy atom. The maximum atomic E-state index is 12.9. The minimum atomic E-state index is -0.233. The predicted octanol–water partition coefficient (Wildman–Crippen LogP) is 2.80. The van der Waals surface area contributed by atoms with E-state index in [0.717, 1.165) is 30.8 Å². The normalized spacial score (nSPS) is 16.2. The highest BCUT2D eigenvalue weighted by Gasteiger charge is 2.23. The summed E-state index contributed by atoms with van der Waals surface area (Å²) in [5.74, 6) is 0.399. The molecule has 4 heterocycles. The van der Waals surface area contributed by atoms with E-state index in [9.17, 15) is 4.79 Å². The molecule has 1 saturated heterocycles. The standard InChI is InChI=1S/C22H22N6O2/c1-15-4-6-16(7-5-15)28-18(8-9-25-28)21-26-20(19-14-23-10-11-27(19)21)22(29)24-13-17-3-2-12-30-17/h4-11,14,17H,2-3,12-13H2,1H3,(H,24,29)/t17-/m1/s1. The van der Waals surface area contributed by atoms with Crippen LogP contribution in [-0.2, 0) is 4.74 Å². The quantitative estimate of drug-likeness (QED) is 0.555. The molecule has 4 aromatic rings. The van der Waals surface area contributed by atoms with Gasteiger partial charge < -0.3 is 10.1 Å². The zero-order chi connectivity index (χ0) is 20.5. The van der Waals surface area contributed by atoms with Crippen molar-refractivity contribution in [3.63, 3.8) is 0 Å². The van der Waals surface area contributed by atoms with Crippen LogP contribution in [0.25, 0.3) is 22.7 Å². The van der Waals surface area contributed by atoms with Crippen LogP contribution in [0.4, 0.5) is 0 Å². The first-order valence-electron chi connectivity index (χ1n) is 10.0. The molecule has 1 aromatic carbocycles. The van der Waals surface area contributed by atoms with Gasteiger partial charge in [-0.3, -0.25) is 14.2 Å². The summed E-state index contributed by atoms with van der Waals surface area (Å²) in [5.41, 5.74) is 3.88. The molecule has 8 nitrogen and oxygen atoms in total. The molecule has 1 fully saturated rings. The molecule has 1 aliphatic heterocycles. The number of hydrogen-bond acceptors (Lipinski definition) is 5. The Balaban J connectivity index is 1.53. The number of fused-ring (bicyclic) bond motifs is 1. The van der Waals surface area contributed by atoms with Gasteiger partial charge in [-0.1, -0.05) is 17.7 Å². The number of nitrogens with one attached hydrogen (secondary N) is 1. The zero-order valence-electron chi connectivity index (χ0n) is 16.7. The van der Waals surface area contributed by atoms with Crippen LogP contribution in [0, 0.1) is 6.92 Å². The largest absolute Gasteiger partial charge is 0.376 e. The number of aryl methyl sites for hydroxylation is 1. The third-order valence-corrected chi connectivity index (χ3v) is 5.33. The van der Waals surface area contributed by atoms with Gasteiger partial charge in [0.25, 0.3) is 5.91 Å². The summed E-state index contributed by atoms with van der Waals surface area (Å²) in [4.78, 5) is 21.8. The molecule has 1 N–H and O–H groups in total. The van der Waals surface area contributed by atoms with Crippen molar-refractivity contribution in [1.82, 2.24) is 29.5 Å². The molecule has 1 amide bonds. The summed E-state index contributed by atoms with van der Waals surface area (Å²) >= 11 is 0. The van der Waals surface area contributed by atoms with E-state index in [1.54, 1.807) is 24.8 Å². The summed E-state index contributed by atoms with van der Waals surface area (Å²) in [6, 6.07) is 10.00. The Kier molecular flexibility index (Phi) is 4.76. The van der Waals surface area contributed by atoms with Gasteiger partial charge in [0.1, 0.15) is 5.69 Å². The van der Waals surface area contributed by atoms with Crippen molar-refractivity contribution in [1.29, 1.82) is 0 Å². The number of amides is 1. The number of imidazole rings is 1. The van der Waals surface area contributed by atoms with Crippen LogP contribution >= 0.6 is 0 Å². The SMILES string of the molecule is Cc1ccc(-n2nccc2-c2nc(C(=O)NC[C@H]3CCCO3)c3cnccn23)cc1. The highest BCUT2D eigenvalue weighted by Crippen LogP contribution is 2.25. The number of aromatic nitrogens is 5. The van der Waals surface area contributed by atoms with Crippen molar-refractivity contribution in [2.24, 2.45) is 0 Å². The predicted molar refractivity (Wildman–Crippen MR) is 112 cm³/mol. The second-order valence-corrected chi connectivity index (χ2v) is 7.42. The lowest BCUT2D eigenvalue weighted by molar-refractivity contribution is 0.0855. The molecule has 8 heteroatoms. The number of carbonyl (C=O) groups is 1. The summed E-state index contributed by atoms with van der Waals surface area (Å²) in [7, 11) is 0. The van der Waals surface area contributed by atoms with E-state index < -0.39 is 0 Å². The van der Waals surface area contributed by atoms with E-state index >= 15 is 0 Å². The number of benzene rings is 1. The van der Waals surface area contributed by atoms with Crippen LogP contribution in [0.3, 0.4) is 0 Å². The summed E-state index contributed by atoms with van der Waals surface area (Å²) in [6.07, 6.45) is 8.94. The molecule has 0 saturated carbocycles. The number of rotatable bonds is 5. The van der Waals surface area contributed by atoms with Gasteiger partial charge in [0.05, 0.1) is 29.7 Å². The number of ether oxygens (including phenoxy) is 1. The molecule has 5 rings (SSSR count). The van der Waals surface area contributed by atoms with Gasteiger partial charge >= 0.3 is 0 Å². The molecule has 0 spiro atoms. The summed E-state index contributed by atoms with van der Waals surface area (Å²) in [6.45, 7) is 3.28. The number of hydrogen-bond donors (Lipinski definition) is 1. The molecular formula is C22H22N6O2. The number of carbonyl (C=O) groups excluding carboxylic acids is 1. The lowest BCUT2D eigenvalue weighted by atomic mass is 10.2. The van der Waals surface area contributed by atoms with Crippen molar-refractivity contribution >= 4 is 11.4 Å². The molecule has 152 valence electrons. The molecule has 0 radical (unpaired) electrons. The van der Waals surface area contributed by atoms with Crippen LogP contribution < -0.4 is 5.32 Å². The van der Waals surface area contributed by atoms with Crippen LogP contribution in [0.2, 0.25) is 0 Å². The number of nitrogens with zero attached hydrogens (tertiary/aromatic N) is 5. The molecular weight excluding hydrogens is 380 g/mol. The van der Waals surface area contributed by atoms with E-state index in [4.69, 9.17) is 4.74 Å². The lowest BCUT2D eigenvalue weighted by Gasteiger charge is -2.09. The first kappa shape index (κ1) is 18.5. The van der Waals surface area contributed by atoms with Crippen molar-refractivity contribution in [3.05, 3.63) is 66.4 Å². The van der Waals surface area contributed by atoms with Gasteiger partial charge in [0.15, 0.2) is 11.5 Å². The van der Waals surface area contributed by atoms with Crippen LogP contribution in [0.1, 0.15) is 28.9 Å². The van der Waals surface area contributed by atoms with Crippen LogP contribution in [-0.4, -0.2) is 49.3 Å². The fourth-order valence-corrected chi connectivity index (χ4v) is 3.75. The molecule has 0 aliphatic carbocycles. The third-order valence-electron chi connectivity index (χ3n) is 5.33. The molecule has 1 aliphatic rings. The average Bonchev–Trinajstić information content (AvgIpc) is 3.51. The topological polar surface area (TPSA) is 86.3 Å². The molecule has 30 heavy (non-hydrogen) atoms. The highest BCUT2D eigenvalue weighted by molar-refractivity contribution is 5.99. The first-order valence-corrected chi connectivity index (χ1v) is 10.0. The van der Waals surface area contributed by atoms with Crippen LogP contribution in [0.5, 0.6) is 0 Å². The Morgan fingerprint density at radius 2 is 2.10 bits per heavy atom. The van der Waals surface area contributed by atoms with Gasteiger partial charge in [0, 0.05) is 25.5 Å².